The maximum absolute atomic E-state index is 13.1. The minimum absolute atomic E-state index is 0.0107. The smallest absolute Gasteiger partial charge is 0.267 e. The van der Waals surface area contributed by atoms with Crippen molar-refractivity contribution in [2.75, 3.05) is 5.32 Å². The third-order valence-corrected chi connectivity index (χ3v) is 5.48. The number of carbonyl (C=O) groups is 2. The number of hydrogen-bond acceptors (Lipinski definition) is 6. The lowest BCUT2D eigenvalue weighted by molar-refractivity contribution is -0.119. The van der Waals surface area contributed by atoms with Crippen LogP contribution in [0, 0.1) is 12.8 Å². The van der Waals surface area contributed by atoms with Crippen molar-refractivity contribution < 1.29 is 23.5 Å². The number of anilines is 1. The lowest BCUT2D eigenvalue weighted by Crippen LogP contribution is -2.18. The monoisotopic (exact) mass is 441 g/mol. The molecule has 166 valence electrons. The van der Waals surface area contributed by atoms with Gasteiger partial charge in [0.1, 0.15) is 17.4 Å². The number of hydrogen-bond donors (Lipinski definition) is 3. The molecule has 1 fully saturated rings. The standard InChI is InChI=1S/C22H21F2N5O3/c1-3-17(30)16-4-10(2)13(9-26-16)12-5-11-8-27-18(6-15(11)28-19(12)20(25)31)29-21(32)14-7-22(14,23)24/h4-6,8-9,14,17,30H,3,7H2,1-2H3,(H2,25,31)(H,27,29,32)/t14-,17?/m1/s1. The molecule has 3 aromatic heterocycles. The molecule has 4 N–H and O–H groups in total. The maximum atomic E-state index is 13.1. The van der Waals surface area contributed by atoms with Gasteiger partial charge in [-0.25, -0.2) is 18.7 Å². The third kappa shape index (κ3) is 4.01. The molecule has 2 amide bonds. The number of halogens is 2. The molecule has 0 aromatic carbocycles. The van der Waals surface area contributed by atoms with Gasteiger partial charge in [0.25, 0.3) is 11.8 Å². The first-order chi connectivity index (χ1) is 15.1. The van der Waals surface area contributed by atoms with E-state index in [2.05, 4.69) is 20.3 Å². The number of nitrogens with one attached hydrogen (secondary N) is 1. The number of fused-ring (bicyclic) bond motifs is 1. The normalized spacial score (nSPS) is 17.7. The van der Waals surface area contributed by atoms with E-state index < -0.39 is 36.2 Å². The number of pyridine rings is 3. The summed E-state index contributed by atoms with van der Waals surface area (Å²) in [5.74, 6) is -5.87. The van der Waals surface area contributed by atoms with Crippen LogP contribution in [0.2, 0.25) is 0 Å². The van der Waals surface area contributed by atoms with E-state index in [1.54, 1.807) is 18.3 Å². The third-order valence-electron chi connectivity index (χ3n) is 5.48. The van der Waals surface area contributed by atoms with Crippen LogP contribution in [0.5, 0.6) is 0 Å². The summed E-state index contributed by atoms with van der Waals surface area (Å²) in [6, 6.07) is 4.81. The summed E-state index contributed by atoms with van der Waals surface area (Å²) in [7, 11) is 0. The predicted molar refractivity (Wildman–Crippen MR) is 113 cm³/mol. The van der Waals surface area contributed by atoms with E-state index in [1.165, 1.54) is 12.3 Å². The zero-order valence-corrected chi connectivity index (χ0v) is 17.4. The number of aliphatic hydroxyl groups is 1. The lowest BCUT2D eigenvalue weighted by atomic mass is 9.98. The van der Waals surface area contributed by atoms with Crippen molar-refractivity contribution in [3.05, 3.63) is 47.5 Å². The number of primary amides is 1. The van der Waals surface area contributed by atoms with Crippen LogP contribution >= 0.6 is 0 Å². The van der Waals surface area contributed by atoms with Gasteiger partial charge in [-0.2, -0.15) is 0 Å². The number of rotatable bonds is 6. The van der Waals surface area contributed by atoms with Crippen molar-refractivity contribution in [1.29, 1.82) is 0 Å². The molecule has 0 aliphatic heterocycles. The number of aromatic nitrogens is 3. The second kappa shape index (κ2) is 7.86. The number of aliphatic hydroxyl groups excluding tert-OH is 1. The van der Waals surface area contributed by atoms with Crippen LogP contribution < -0.4 is 11.1 Å². The van der Waals surface area contributed by atoms with Gasteiger partial charge in [0.2, 0.25) is 5.91 Å². The fourth-order valence-electron chi connectivity index (χ4n) is 3.49. The van der Waals surface area contributed by atoms with Crippen LogP contribution in [0.15, 0.2) is 30.6 Å². The maximum Gasteiger partial charge on any atom is 0.267 e. The van der Waals surface area contributed by atoms with Crippen LogP contribution in [0.25, 0.3) is 22.0 Å². The van der Waals surface area contributed by atoms with Crippen LogP contribution in [0.1, 0.15) is 47.6 Å². The second-order valence-corrected chi connectivity index (χ2v) is 7.87. The van der Waals surface area contributed by atoms with Crippen molar-refractivity contribution in [3.8, 4) is 11.1 Å². The van der Waals surface area contributed by atoms with Crippen LogP contribution in [-0.4, -0.2) is 37.8 Å². The van der Waals surface area contributed by atoms with E-state index in [4.69, 9.17) is 5.73 Å². The molecule has 3 heterocycles. The molecule has 8 nitrogen and oxygen atoms in total. The average Bonchev–Trinajstić information content (AvgIpc) is 3.40. The Hall–Kier alpha value is -3.53. The Morgan fingerprint density at radius 3 is 2.56 bits per heavy atom. The van der Waals surface area contributed by atoms with Gasteiger partial charge in [-0.1, -0.05) is 6.92 Å². The van der Waals surface area contributed by atoms with E-state index in [0.717, 1.165) is 5.56 Å². The molecule has 3 aromatic rings. The van der Waals surface area contributed by atoms with Gasteiger partial charge in [-0.05, 0) is 31.0 Å². The summed E-state index contributed by atoms with van der Waals surface area (Å²) in [5, 5.41) is 12.9. The quantitative estimate of drug-likeness (QED) is 0.539. The Labute approximate surface area is 181 Å². The molecule has 32 heavy (non-hydrogen) atoms. The van der Waals surface area contributed by atoms with Crippen molar-refractivity contribution in [1.82, 2.24) is 15.0 Å². The predicted octanol–water partition coefficient (Wildman–Crippen LogP) is 3.14. The fourth-order valence-corrected chi connectivity index (χ4v) is 3.49. The zero-order valence-electron chi connectivity index (χ0n) is 17.4. The minimum Gasteiger partial charge on any atom is -0.387 e. The number of nitrogens with zero attached hydrogens (tertiary/aromatic N) is 3. The van der Waals surface area contributed by atoms with Crippen LogP contribution in [-0.2, 0) is 4.79 Å². The van der Waals surface area contributed by atoms with Gasteiger partial charge < -0.3 is 16.2 Å². The SMILES string of the molecule is CCC(O)c1cc(C)c(-c2cc3cnc(NC(=O)[C@H]4CC4(F)F)cc3nc2C(N)=O)cn1. The second-order valence-electron chi connectivity index (χ2n) is 7.87. The van der Waals surface area contributed by atoms with Crippen LogP contribution in [0.3, 0.4) is 0 Å². The summed E-state index contributed by atoms with van der Waals surface area (Å²) in [4.78, 5) is 36.8. The van der Waals surface area contributed by atoms with Crippen LogP contribution in [0.4, 0.5) is 14.6 Å². The van der Waals surface area contributed by atoms with E-state index in [1.807, 2.05) is 13.8 Å². The van der Waals surface area contributed by atoms with Crippen molar-refractivity contribution in [3.63, 3.8) is 0 Å². The lowest BCUT2D eigenvalue weighted by Gasteiger charge is -2.14. The largest absolute Gasteiger partial charge is 0.387 e. The average molecular weight is 441 g/mol. The molecule has 2 atom stereocenters. The molecule has 1 aliphatic carbocycles. The first kappa shape index (κ1) is 21.7. The molecule has 1 aliphatic rings. The Balaban J connectivity index is 1.72. The Morgan fingerprint density at radius 1 is 1.25 bits per heavy atom. The highest BCUT2D eigenvalue weighted by molar-refractivity contribution is 6.02. The molecular weight excluding hydrogens is 420 g/mol. The van der Waals surface area contributed by atoms with Gasteiger partial charge in [0.15, 0.2) is 0 Å². The molecule has 4 rings (SSSR count). The van der Waals surface area contributed by atoms with E-state index in [0.29, 0.717) is 34.1 Å². The highest BCUT2D eigenvalue weighted by Crippen LogP contribution is 2.49. The summed E-state index contributed by atoms with van der Waals surface area (Å²) in [6.07, 6.45) is 2.31. The zero-order chi connectivity index (χ0) is 23.2. The van der Waals surface area contributed by atoms with Gasteiger partial charge in [-0.3, -0.25) is 14.6 Å². The molecule has 0 saturated heterocycles. The summed E-state index contributed by atoms with van der Waals surface area (Å²) < 4.78 is 26.2. The molecule has 0 spiro atoms. The summed E-state index contributed by atoms with van der Waals surface area (Å²) >= 11 is 0. The highest BCUT2D eigenvalue weighted by Gasteiger charge is 2.61. The minimum atomic E-state index is -2.98. The number of nitrogens with two attached hydrogens (primary N) is 1. The Morgan fingerprint density at radius 2 is 1.97 bits per heavy atom. The Bertz CT molecular complexity index is 1250. The van der Waals surface area contributed by atoms with E-state index in [9.17, 15) is 23.5 Å². The number of alkyl halides is 2. The van der Waals surface area contributed by atoms with Gasteiger partial charge in [0.05, 0.1) is 17.3 Å². The number of aryl methyl sites for hydroxylation is 1. The molecule has 10 heteroatoms. The molecule has 1 saturated carbocycles. The first-order valence-corrected chi connectivity index (χ1v) is 10.0. The van der Waals surface area contributed by atoms with Gasteiger partial charge in [-0.15, -0.1) is 0 Å². The number of amides is 2. The van der Waals surface area contributed by atoms with E-state index >= 15 is 0 Å². The van der Waals surface area contributed by atoms with Gasteiger partial charge in [0, 0.05) is 41.4 Å². The first-order valence-electron chi connectivity index (χ1n) is 10.0. The summed E-state index contributed by atoms with van der Waals surface area (Å²) in [5.41, 5.74) is 8.23. The molecule has 1 unspecified atom stereocenters. The van der Waals surface area contributed by atoms with E-state index in [-0.39, 0.29) is 11.5 Å². The van der Waals surface area contributed by atoms with Crippen molar-refractivity contribution >= 4 is 28.5 Å². The van der Waals surface area contributed by atoms with Crippen molar-refractivity contribution in [2.45, 2.75) is 38.7 Å². The molecule has 0 radical (unpaired) electrons. The summed E-state index contributed by atoms with van der Waals surface area (Å²) in [6.45, 7) is 3.66. The Kier molecular flexibility index (Phi) is 5.33. The van der Waals surface area contributed by atoms with Gasteiger partial charge >= 0.3 is 0 Å². The number of carbonyl (C=O) groups excluding carboxylic acids is 2. The topological polar surface area (TPSA) is 131 Å². The fraction of sp³-hybridized carbons (Fsp3) is 0.318. The highest BCUT2D eigenvalue weighted by atomic mass is 19.3. The molecule has 0 bridgehead atoms. The molecular formula is C22H21F2N5O3. The van der Waals surface area contributed by atoms with Crippen molar-refractivity contribution in [2.24, 2.45) is 11.7 Å².